The van der Waals surface area contributed by atoms with Crippen LogP contribution >= 0.6 is 0 Å². The van der Waals surface area contributed by atoms with Crippen LogP contribution in [-0.4, -0.2) is 27.2 Å². The molecule has 1 heterocycles. The van der Waals surface area contributed by atoms with Crippen molar-refractivity contribution < 1.29 is 23.8 Å². The Kier molecular flexibility index (Phi) is 8.13. The predicted octanol–water partition coefficient (Wildman–Crippen LogP) is 6.04. The Morgan fingerprint density at radius 1 is 1.07 bits per heavy atom. The summed E-state index contributed by atoms with van der Waals surface area (Å²) in [5, 5.41) is 13.8. The summed E-state index contributed by atoms with van der Waals surface area (Å²) in [6.45, 7) is 10.5. The van der Waals surface area contributed by atoms with Crippen LogP contribution in [0, 0.1) is 19.7 Å². The molecule has 0 atom stereocenters. The van der Waals surface area contributed by atoms with Gasteiger partial charge in [0.05, 0.1) is 5.60 Å². The predicted molar refractivity (Wildman–Crippen MR) is 153 cm³/mol. The fourth-order valence-electron chi connectivity index (χ4n) is 5.31. The van der Waals surface area contributed by atoms with Crippen molar-refractivity contribution in [3.8, 4) is 28.4 Å². The largest absolute Gasteiger partial charge is 0.487 e. The lowest BCUT2D eigenvalue weighted by Crippen LogP contribution is -2.44. The maximum Gasteiger partial charge on any atom is 0.254 e. The zero-order valence-electron chi connectivity index (χ0n) is 24.4. The van der Waals surface area contributed by atoms with E-state index in [0.717, 1.165) is 12.8 Å². The van der Waals surface area contributed by atoms with Gasteiger partial charge in [-0.3, -0.25) is 9.59 Å². The molecule has 1 aliphatic carbocycles. The average molecular weight is 551 g/mol. The van der Waals surface area contributed by atoms with Gasteiger partial charge in [0.2, 0.25) is 5.91 Å². The van der Waals surface area contributed by atoms with Gasteiger partial charge in [-0.05, 0) is 101 Å². The molecule has 2 N–H and O–H groups in total. The quantitative estimate of drug-likeness (QED) is 0.374. The molecule has 0 bridgehead atoms. The molecule has 214 valence electrons. The van der Waals surface area contributed by atoms with Gasteiger partial charge >= 0.3 is 0 Å². The van der Waals surface area contributed by atoms with Crippen LogP contribution in [0.25, 0.3) is 11.1 Å². The van der Waals surface area contributed by atoms with E-state index in [2.05, 4.69) is 5.32 Å². The molecule has 1 saturated carbocycles. The lowest BCUT2D eigenvalue weighted by Gasteiger charge is -2.38. The Bertz CT molecular complexity index is 1460. The van der Waals surface area contributed by atoms with Crippen LogP contribution in [0.5, 0.6) is 17.2 Å². The summed E-state index contributed by atoms with van der Waals surface area (Å²) in [6.07, 6.45) is 4.65. The number of halogens is 1. The smallest absolute Gasteiger partial charge is 0.254 e. The summed E-state index contributed by atoms with van der Waals surface area (Å²) in [6, 6.07) is 9.84. The molecule has 2 aromatic carbocycles. The molecule has 0 aliphatic heterocycles. The molecule has 7 nitrogen and oxygen atoms in total. The van der Waals surface area contributed by atoms with E-state index in [1.807, 2.05) is 13.0 Å². The summed E-state index contributed by atoms with van der Waals surface area (Å²) in [7, 11) is 1.67. The number of ether oxygens (including phenoxy) is 2. The maximum atomic E-state index is 14.0. The topological polar surface area (TPSA) is 89.8 Å². The minimum absolute atomic E-state index is 0.0470. The molecule has 8 heteroatoms. The third-order valence-corrected chi connectivity index (χ3v) is 7.61. The van der Waals surface area contributed by atoms with E-state index in [1.54, 1.807) is 53.1 Å². The lowest BCUT2D eigenvalue weighted by atomic mass is 9.83. The minimum Gasteiger partial charge on any atom is -0.487 e. The number of benzene rings is 2. The zero-order chi connectivity index (χ0) is 29.4. The number of rotatable bonds is 7. The van der Waals surface area contributed by atoms with Gasteiger partial charge in [-0.2, -0.15) is 0 Å². The van der Waals surface area contributed by atoms with E-state index in [9.17, 15) is 19.1 Å². The van der Waals surface area contributed by atoms with Gasteiger partial charge in [0.25, 0.3) is 5.56 Å². The first-order valence-electron chi connectivity index (χ1n) is 13.6. The highest BCUT2D eigenvalue weighted by molar-refractivity contribution is 5.77. The molecule has 1 aliphatic rings. The molecular formula is C32H39FN2O5. The second kappa shape index (κ2) is 11.1. The summed E-state index contributed by atoms with van der Waals surface area (Å²) < 4.78 is 28.5. The fourth-order valence-corrected chi connectivity index (χ4v) is 5.31. The summed E-state index contributed by atoms with van der Waals surface area (Å²) in [5.41, 5.74) is 1.31. The minimum atomic E-state index is -1.13. The summed E-state index contributed by atoms with van der Waals surface area (Å²) >= 11 is 0. The van der Waals surface area contributed by atoms with E-state index in [4.69, 9.17) is 9.47 Å². The molecule has 4 rings (SSSR count). The van der Waals surface area contributed by atoms with Crippen molar-refractivity contribution in [2.24, 2.45) is 7.05 Å². The standard InChI is InChI=1S/C32H39FN2O5/c1-19-14-23(33)15-20(2)30(19)39-27-9-8-22(31(4,5)38)16-25(27)26-18-35(7)29(37)17-28(26)40-32(6)12-10-24(11-13-32)34-21(3)36/h8-9,14-18,24,38H,10-13H2,1-7H3,(H,34,36)/t24-,32-. The number of aromatic nitrogens is 1. The van der Waals surface area contributed by atoms with Gasteiger partial charge in [-0.15, -0.1) is 0 Å². The average Bonchev–Trinajstić information content (AvgIpc) is 2.84. The molecule has 1 amide bonds. The molecule has 0 unspecified atom stereocenters. The lowest BCUT2D eigenvalue weighted by molar-refractivity contribution is -0.120. The van der Waals surface area contributed by atoms with E-state index in [1.165, 1.54) is 29.7 Å². The molecule has 3 aromatic rings. The number of amides is 1. The number of hydrogen-bond acceptors (Lipinski definition) is 5. The van der Waals surface area contributed by atoms with Gasteiger partial charge in [0, 0.05) is 43.4 Å². The molecule has 0 saturated heterocycles. The number of aliphatic hydroxyl groups is 1. The Labute approximate surface area is 235 Å². The van der Waals surface area contributed by atoms with Gasteiger partial charge in [-0.25, -0.2) is 4.39 Å². The van der Waals surface area contributed by atoms with Crippen LogP contribution in [0.4, 0.5) is 4.39 Å². The highest BCUT2D eigenvalue weighted by Gasteiger charge is 2.34. The number of hydrogen-bond donors (Lipinski definition) is 2. The van der Waals surface area contributed by atoms with Gasteiger partial charge < -0.3 is 24.5 Å². The number of carbonyl (C=O) groups is 1. The number of nitrogens with one attached hydrogen (secondary N) is 1. The van der Waals surface area contributed by atoms with Crippen LogP contribution in [0.15, 0.2) is 47.4 Å². The SMILES string of the molecule is CC(=O)N[C@H]1CC[C@](C)(Oc2cc(=O)n(C)cc2-c2cc(C(C)(C)O)ccc2Oc2c(C)cc(F)cc2C)CC1. The molecule has 40 heavy (non-hydrogen) atoms. The van der Waals surface area contributed by atoms with Crippen LogP contribution in [0.3, 0.4) is 0 Å². The van der Waals surface area contributed by atoms with Crippen molar-refractivity contribution in [3.63, 3.8) is 0 Å². The summed E-state index contributed by atoms with van der Waals surface area (Å²) in [4.78, 5) is 24.3. The van der Waals surface area contributed by atoms with Crippen molar-refractivity contribution in [2.45, 2.75) is 84.5 Å². The van der Waals surface area contributed by atoms with E-state index in [-0.39, 0.29) is 23.3 Å². The maximum absolute atomic E-state index is 14.0. The van der Waals surface area contributed by atoms with Gasteiger partial charge in [0.15, 0.2) is 0 Å². The van der Waals surface area contributed by atoms with Crippen molar-refractivity contribution in [3.05, 3.63) is 75.5 Å². The van der Waals surface area contributed by atoms with Gasteiger partial charge in [-0.1, -0.05) is 6.07 Å². The van der Waals surface area contributed by atoms with Crippen molar-refractivity contribution in [1.29, 1.82) is 0 Å². The molecular weight excluding hydrogens is 511 g/mol. The number of pyridine rings is 1. The van der Waals surface area contributed by atoms with Crippen molar-refractivity contribution in [1.82, 2.24) is 9.88 Å². The first-order chi connectivity index (χ1) is 18.6. The Morgan fingerprint density at radius 2 is 1.70 bits per heavy atom. The summed E-state index contributed by atoms with van der Waals surface area (Å²) in [5.74, 6) is 1.04. The van der Waals surface area contributed by atoms with E-state index < -0.39 is 11.2 Å². The Morgan fingerprint density at radius 3 is 2.27 bits per heavy atom. The monoisotopic (exact) mass is 550 g/mol. The van der Waals surface area contributed by atoms with Crippen LogP contribution in [-0.2, 0) is 17.4 Å². The first kappa shape index (κ1) is 29.3. The van der Waals surface area contributed by atoms with Crippen molar-refractivity contribution in [2.75, 3.05) is 0 Å². The molecule has 0 radical (unpaired) electrons. The van der Waals surface area contributed by atoms with Crippen LogP contribution < -0.4 is 20.3 Å². The first-order valence-corrected chi connectivity index (χ1v) is 13.6. The molecule has 1 aromatic heterocycles. The zero-order valence-corrected chi connectivity index (χ0v) is 24.4. The van der Waals surface area contributed by atoms with E-state index in [0.29, 0.717) is 57.9 Å². The van der Waals surface area contributed by atoms with Crippen molar-refractivity contribution >= 4 is 5.91 Å². The second-order valence-electron chi connectivity index (χ2n) is 11.8. The third kappa shape index (κ3) is 6.55. The highest BCUT2D eigenvalue weighted by Crippen LogP contribution is 2.43. The molecule has 1 fully saturated rings. The van der Waals surface area contributed by atoms with Crippen LogP contribution in [0.1, 0.15) is 70.1 Å². The molecule has 0 spiro atoms. The van der Waals surface area contributed by atoms with Gasteiger partial charge in [0.1, 0.15) is 28.7 Å². The van der Waals surface area contributed by atoms with Crippen LogP contribution in [0.2, 0.25) is 0 Å². The fraction of sp³-hybridized carbons (Fsp3) is 0.438. The number of aryl methyl sites for hydroxylation is 3. The third-order valence-electron chi connectivity index (χ3n) is 7.61. The van der Waals surface area contributed by atoms with E-state index >= 15 is 0 Å². The number of nitrogens with zero attached hydrogens (tertiary/aromatic N) is 1. The second-order valence-corrected chi connectivity index (χ2v) is 11.8. The Hall–Kier alpha value is -3.65. The Balaban J connectivity index is 1.81. The number of carbonyl (C=O) groups excluding carboxylic acids is 1. The highest BCUT2D eigenvalue weighted by atomic mass is 19.1. The normalized spacial score (nSPS) is 19.3.